The number of hydrogen-bond donors (Lipinski definition) is 1. The normalized spacial score (nSPS) is 20.4. The van der Waals surface area contributed by atoms with Crippen LogP contribution in [-0.2, 0) is 19.1 Å². The molecule has 2 fully saturated rings. The number of nitrogens with one attached hydrogen (secondary N) is 1. The Morgan fingerprint density at radius 3 is 2.55 bits per heavy atom. The fourth-order valence-corrected chi connectivity index (χ4v) is 2.22. The van der Waals surface area contributed by atoms with Crippen molar-refractivity contribution in [2.45, 2.75) is 25.7 Å². The number of urea groups is 1. The van der Waals surface area contributed by atoms with Crippen molar-refractivity contribution in [2.75, 3.05) is 33.5 Å². The summed E-state index contributed by atoms with van der Waals surface area (Å²) in [5, 5.41) is 2.26. The number of imide groups is 2. The van der Waals surface area contributed by atoms with E-state index in [-0.39, 0.29) is 5.91 Å². The zero-order valence-corrected chi connectivity index (χ0v) is 11.6. The van der Waals surface area contributed by atoms with Crippen molar-refractivity contribution in [1.82, 2.24) is 10.2 Å². The van der Waals surface area contributed by atoms with Crippen LogP contribution >= 0.6 is 0 Å². The van der Waals surface area contributed by atoms with Crippen molar-refractivity contribution < 1.29 is 23.9 Å². The van der Waals surface area contributed by atoms with E-state index in [0.29, 0.717) is 45.6 Å². The topological polar surface area (TPSA) is 84.9 Å². The molecule has 1 saturated carbocycles. The van der Waals surface area contributed by atoms with Crippen LogP contribution in [-0.4, -0.2) is 56.2 Å². The van der Waals surface area contributed by atoms with Gasteiger partial charge in [-0.1, -0.05) is 0 Å². The molecule has 7 heteroatoms. The fourth-order valence-electron chi connectivity index (χ4n) is 2.22. The molecule has 4 amide bonds. The lowest BCUT2D eigenvalue weighted by molar-refractivity contribution is -0.144. The Hall–Kier alpha value is -1.47. The zero-order chi connectivity index (χ0) is 14.6. The maximum Gasteiger partial charge on any atom is 0.330 e. The summed E-state index contributed by atoms with van der Waals surface area (Å²) in [6.07, 6.45) is 2.50. The molecule has 2 rings (SSSR count). The Bertz CT molecular complexity index is 406. The van der Waals surface area contributed by atoms with Gasteiger partial charge in [-0.15, -0.1) is 0 Å². The predicted octanol–water partition coefficient (Wildman–Crippen LogP) is 0.288. The van der Waals surface area contributed by atoms with Gasteiger partial charge in [-0.2, -0.15) is 0 Å². The summed E-state index contributed by atoms with van der Waals surface area (Å²) in [5.74, 6) is -0.779. The van der Waals surface area contributed by atoms with Gasteiger partial charge < -0.3 is 9.47 Å². The average molecular weight is 284 g/mol. The van der Waals surface area contributed by atoms with Gasteiger partial charge >= 0.3 is 6.03 Å². The standard InChI is InChI=1S/C13H20N2O5/c1-19-8-9-20-7-3-2-6-15-11(17)13(4-5-13)10(16)14-12(15)18/h2-9H2,1H3,(H,14,16,18). The summed E-state index contributed by atoms with van der Waals surface area (Å²) in [5.41, 5.74) is -0.942. The highest BCUT2D eigenvalue weighted by Gasteiger charge is 2.61. The first-order valence-electron chi connectivity index (χ1n) is 6.86. The lowest BCUT2D eigenvalue weighted by Crippen LogP contribution is -2.59. The summed E-state index contributed by atoms with van der Waals surface area (Å²) in [4.78, 5) is 36.6. The highest BCUT2D eigenvalue weighted by atomic mass is 16.5. The quantitative estimate of drug-likeness (QED) is 0.511. The van der Waals surface area contributed by atoms with E-state index in [9.17, 15) is 14.4 Å². The number of hydrogen-bond acceptors (Lipinski definition) is 5. The molecule has 1 aliphatic carbocycles. The molecule has 1 saturated heterocycles. The van der Waals surface area contributed by atoms with E-state index in [1.54, 1.807) is 7.11 Å². The summed E-state index contributed by atoms with van der Waals surface area (Å²) in [6.45, 7) is 1.99. The first-order chi connectivity index (χ1) is 9.62. The molecule has 1 heterocycles. The molecule has 20 heavy (non-hydrogen) atoms. The van der Waals surface area contributed by atoms with Crippen molar-refractivity contribution in [1.29, 1.82) is 0 Å². The van der Waals surface area contributed by atoms with Crippen molar-refractivity contribution in [3.63, 3.8) is 0 Å². The molecule has 112 valence electrons. The lowest BCUT2D eigenvalue weighted by atomic mass is 10.0. The van der Waals surface area contributed by atoms with Crippen molar-refractivity contribution in [2.24, 2.45) is 5.41 Å². The first kappa shape index (κ1) is 14.9. The lowest BCUT2D eigenvalue weighted by Gasteiger charge is -2.30. The average Bonchev–Trinajstić information content (AvgIpc) is 3.21. The Labute approximate surface area is 117 Å². The number of rotatable bonds is 8. The maximum atomic E-state index is 12.1. The van der Waals surface area contributed by atoms with E-state index < -0.39 is 17.4 Å². The van der Waals surface area contributed by atoms with E-state index in [1.165, 1.54) is 0 Å². The van der Waals surface area contributed by atoms with Gasteiger partial charge in [-0.3, -0.25) is 19.8 Å². The predicted molar refractivity (Wildman–Crippen MR) is 68.8 cm³/mol. The molecule has 0 radical (unpaired) electrons. The van der Waals surface area contributed by atoms with Gasteiger partial charge in [-0.25, -0.2) is 4.79 Å². The molecule has 0 aromatic rings. The molecule has 0 atom stereocenters. The van der Waals surface area contributed by atoms with Gasteiger partial charge in [0.15, 0.2) is 0 Å². The van der Waals surface area contributed by atoms with Gasteiger partial charge in [0.1, 0.15) is 5.41 Å². The van der Waals surface area contributed by atoms with Crippen LogP contribution in [0, 0.1) is 5.41 Å². The third kappa shape index (κ3) is 2.99. The van der Waals surface area contributed by atoms with Crippen LogP contribution < -0.4 is 5.32 Å². The Balaban J connectivity index is 1.71. The van der Waals surface area contributed by atoms with Gasteiger partial charge in [0, 0.05) is 20.3 Å². The highest BCUT2D eigenvalue weighted by Crippen LogP contribution is 2.48. The van der Waals surface area contributed by atoms with E-state index >= 15 is 0 Å². The Morgan fingerprint density at radius 1 is 1.15 bits per heavy atom. The summed E-state index contributed by atoms with van der Waals surface area (Å²) >= 11 is 0. The molecule has 2 aliphatic rings. The minimum atomic E-state index is -0.942. The van der Waals surface area contributed by atoms with Crippen LogP contribution in [0.4, 0.5) is 4.79 Å². The van der Waals surface area contributed by atoms with E-state index in [0.717, 1.165) is 11.3 Å². The van der Waals surface area contributed by atoms with Gasteiger partial charge in [0.05, 0.1) is 13.2 Å². The second-order valence-electron chi connectivity index (χ2n) is 5.11. The summed E-state index contributed by atoms with van der Waals surface area (Å²) in [6, 6.07) is -0.599. The molecule has 7 nitrogen and oxygen atoms in total. The summed E-state index contributed by atoms with van der Waals surface area (Å²) < 4.78 is 10.2. The summed E-state index contributed by atoms with van der Waals surface area (Å²) in [7, 11) is 1.61. The van der Waals surface area contributed by atoms with Gasteiger partial charge in [0.2, 0.25) is 11.8 Å². The molecule has 0 bridgehead atoms. The largest absolute Gasteiger partial charge is 0.382 e. The Kier molecular flexibility index (Phi) is 4.72. The third-order valence-electron chi connectivity index (χ3n) is 3.66. The number of unbranched alkanes of at least 4 members (excludes halogenated alkanes) is 1. The van der Waals surface area contributed by atoms with Gasteiger partial charge in [-0.05, 0) is 25.7 Å². The fraction of sp³-hybridized carbons (Fsp3) is 0.769. The minimum absolute atomic E-state index is 0.327. The molecule has 0 aromatic carbocycles. The van der Waals surface area contributed by atoms with Crippen molar-refractivity contribution >= 4 is 17.8 Å². The number of methoxy groups -OCH3 is 1. The van der Waals surface area contributed by atoms with Gasteiger partial charge in [0.25, 0.3) is 0 Å². The number of nitrogens with zero attached hydrogens (tertiary/aromatic N) is 1. The van der Waals surface area contributed by atoms with Crippen molar-refractivity contribution in [3.05, 3.63) is 0 Å². The minimum Gasteiger partial charge on any atom is -0.382 e. The molecule has 0 aromatic heterocycles. The molecule has 0 unspecified atom stereocenters. The second-order valence-corrected chi connectivity index (χ2v) is 5.11. The van der Waals surface area contributed by atoms with Crippen LogP contribution in [0.15, 0.2) is 0 Å². The first-order valence-corrected chi connectivity index (χ1v) is 6.86. The number of barbiturate groups is 1. The Morgan fingerprint density at radius 2 is 1.90 bits per heavy atom. The maximum absolute atomic E-state index is 12.1. The number of carbonyl (C=O) groups excluding carboxylic acids is 3. The van der Waals surface area contributed by atoms with E-state index in [1.807, 2.05) is 0 Å². The van der Waals surface area contributed by atoms with Crippen LogP contribution in [0.5, 0.6) is 0 Å². The van der Waals surface area contributed by atoms with E-state index in [4.69, 9.17) is 9.47 Å². The molecule has 1 N–H and O–H groups in total. The number of carbonyl (C=O) groups is 3. The van der Waals surface area contributed by atoms with Crippen LogP contribution in [0.3, 0.4) is 0 Å². The molecular formula is C13H20N2O5. The van der Waals surface area contributed by atoms with E-state index in [2.05, 4.69) is 5.32 Å². The van der Waals surface area contributed by atoms with Crippen LogP contribution in [0.1, 0.15) is 25.7 Å². The number of amides is 4. The number of ether oxygens (including phenoxy) is 2. The highest BCUT2D eigenvalue weighted by molar-refractivity contribution is 6.20. The second kappa shape index (κ2) is 6.32. The molecular weight excluding hydrogens is 264 g/mol. The third-order valence-corrected chi connectivity index (χ3v) is 3.66. The zero-order valence-electron chi connectivity index (χ0n) is 11.6. The molecule has 1 spiro atoms. The monoisotopic (exact) mass is 284 g/mol. The SMILES string of the molecule is COCCOCCCCN1C(=O)NC(=O)C2(CC2)C1=O. The van der Waals surface area contributed by atoms with Crippen LogP contribution in [0.2, 0.25) is 0 Å². The van der Waals surface area contributed by atoms with Crippen LogP contribution in [0.25, 0.3) is 0 Å². The molecule has 1 aliphatic heterocycles. The smallest absolute Gasteiger partial charge is 0.330 e. The van der Waals surface area contributed by atoms with Crippen molar-refractivity contribution in [3.8, 4) is 0 Å².